The van der Waals surface area contributed by atoms with Crippen LogP contribution in [0.5, 0.6) is 11.5 Å². The van der Waals surface area contributed by atoms with E-state index < -0.39 is 28.5 Å². The van der Waals surface area contributed by atoms with Crippen LogP contribution >= 0.6 is 0 Å². The van der Waals surface area contributed by atoms with Crippen LogP contribution in [0.1, 0.15) is 19.4 Å². The van der Waals surface area contributed by atoms with Gasteiger partial charge in [-0.3, -0.25) is 13.9 Å². The van der Waals surface area contributed by atoms with Crippen LogP contribution in [0, 0.1) is 0 Å². The molecule has 2 amide bonds. The lowest BCUT2D eigenvalue weighted by Gasteiger charge is -2.31. The summed E-state index contributed by atoms with van der Waals surface area (Å²) in [6.07, 6.45) is 1.03. The monoisotopic (exact) mass is 477 g/mol. The third-order valence-corrected chi connectivity index (χ3v) is 6.17. The van der Waals surface area contributed by atoms with Gasteiger partial charge >= 0.3 is 0 Å². The molecule has 0 saturated carbocycles. The molecular weight excluding hydrogens is 446 g/mol. The summed E-state index contributed by atoms with van der Waals surface area (Å²) in [5.74, 6) is 0.211. The highest BCUT2D eigenvalue weighted by molar-refractivity contribution is 7.92. The predicted octanol–water partition coefficient (Wildman–Crippen LogP) is 2.02. The molecule has 0 radical (unpaired) electrons. The van der Waals surface area contributed by atoms with Crippen molar-refractivity contribution < 1.29 is 27.5 Å². The van der Waals surface area contributed by atoms with E-state index >= 15 is 0 Å². The van der Waals surface area contributed by atoms with Crippen molar-refractivity contribution in [3.05, 3.63) is 54.1 Å². The van der Waals surface area contributed by atoms with Crippen molar-refractivity contribution >= 4 is 27.5 Å². The van der Waals surface area contributed by atoms with Crippen molar-refractivity contribution in [2.75, 3.05) is 37.9 Å². The number of likely N-dealkylation sites (N-methyl/N-ethyl adjacent to an activating group) is 1. The zero-order chi connectivity index (χ0) is 24.6. The number of nitrogens with zero attached hydrogens (tertiary/aromatic N) is 2. The summed E-state index contributed by atoms with van der Waals surface area (Å²) in [4.78, 5) is 27.3. The SMILES string of the molecule is CCNC(=O)[C@H](C)N(Cc1cccc(OC)c1)C(=O)CN(c1cccc(OC)c1)S(C)(=O)=O. The van der Waals surface area contributed by atoms with Crippen LogP contribution in [0.3, 0.4) is 0 Å². The lowest BCUT2D eigenvalue weighted by atomic mass is 10.1. The van der Waals surface area contributed by atoms with Crippen molar-refractivity contribution in [1.82, 2.24) is 10.2 Å². The molecule has 0 aliphatic heterocycles. The van der Waals surface area contributed by atoms with E-state index in [1.165, 1.54) is 25.2 Å². The number of hydrogen-bond donors (Lipinski definition) is 1. The van der Waals surface area contributed by atoms with Crippen molar-refractivity contribution in [3.8, 4) is 11.5 Å². The summed E-state index contributed by atoms with van der Waals surface area (Å²) in [7, 11) is -0.791. The van der Waals surface area contributed by atoms with Gasteiger partial charge < -0.3 is 19.7 Å². The van der Waals surface area contributed by atoms with Gasteiger partial charge in [0.2, 0.25) is 21.8 Å². The summed E-state index contributed by atoms with van der Waals surface area (Å²) in [5.41, 5.74) is 1.03. The Hall–Kier alpha value is -3.27. The maximum atomic E-state index is 13.4. The summed E-state index contributed by atoms with van der Waals surface area (Å²) in [6, 6.07) is 12.7. The van der Waals surface area contributed by atoms with Gasteiger partial charge in [-0.05, 0) is 43.7 Å². The number of nitrogens with one attached hydrogen (secondary N) is 1. The molecular formula is C23H31N3O6S. The Kier molecular flexibility index (Phi) is 9.10. The highest BCUT2D eigenvalue weighted by Crippen LogP contribution is 2.24. The molecule has 0 aliphatic carbocycles. The van der Waals surface area contributed by atoms with Crippen molar-refractivity contribution in [3.63, 3.8) is 0 Å². The summed E-state index contributed by atoms with van der Waals surface area (Å²) >= 11 is 0. The Morgan fingerprint density at radius 2 is 1.64 bits per heavy atom. The maximum Gasteiger partial charge on any atom is 0.244 e. The van der Waals surface area contributed by atoms with E-state index in [1.807, 2.05) is 6.07 Å². The largest absolute Gasteiger partial charge is 0.497 e. The molecule has 0 fully saturated rings. The quantitative estimate of drug-likeness (QED) is 0.531. The lowest BCUT2D eigenvalue weighted by Crippen LogP contribution is -2.51. The van der Waals surface area contributed by atoms with Gasteiger partial charge in [0, 0.05) is 19.2 Å². The molecule has 1 atom stereocenters. The second kappa shape index (κ2) is 11.6. The van der Waals surface area contributed by atoms with E-state index in [1.54, 1.807) is 50.2 Å². The molecule has 2 aromatic rings. The standard InChI is InChI=1S/C23H31N3O6S/c1-6-24-23(28)17(2)25(15-18-9-7-11-20(13-18)31-3)22(27)16-26(33(5,29)30)19-10-8-12-21(14-19)32-4/h7-14,17H,6,15-16H2,1-5H3,(H,24,28)/t17-/m0/s1. The van der Waals surface area contributed by atoms with Crippen molar-refractivity contribution in [1.29, 1.82) is 0 Å². The summed E-state index contributed by atoms with van der Waals surface area (Å²) in [6.45, 7) is 3.43. The van der Waals surface area contributed by atoms with E-state index in [4.69, 9.17) is 9.47 Å². The molecule has 33 heavy (non-hydrogen) atoms. The van der Waals surface area contributed by atoms with Gasteiger partial charge in [0.05, 0.1) is 26.2 Å². The Morgan fingerprint density at radius 3 is 2.21 bits per heavy atom. The van der Waals surface area contributed by atoms with Gasteiger partial charge in [-0.2, -0.15) is 0 Å². The molecule has 180 valence electrons. The lowest BCUT2D eigenvalue weighted by molar-refractivity contribution is -0.139. The molecule has 2 rings (SSSR count). The van der Waals surface area contributed by atoms with Gasteiger partial charge in [0.25, 0.3) is 0 Å². The highest BCUT2D eigenvalue weighted by atomic mass is 32.2. The average Bonchev–Trinajstić information content (AvgIpc) is 2.79. The highest BCUT2D eigenvalue weighted by Gasteiger charge is 2.30. The second-order valence-electron chi connectivity index (χ2n) is 7.41. The molecule has 0 heterocycles. The maximum absolute atomic E-state index is 13.4. The Bertz CT molecular complexity index is 1070. The van der Waals surface area contributed by atoms with E-state index in [9.17, 15) is 18.0 Å². The first-order chi connectivity index (χ1) is 15.6. The minimum absolute atomic E-state index is 0.101. The first-order valence-corrected chi connectivity index (χ1v) is 12.3. The van der Waals surface area contributed by atoms with E-state index in [0.717, 1.165) is 16.1 Å². The molecule has 10 heteroatoms. The predicted molar refractivity (Wildman–Crippen MR) is 127 cm³/mol. The zero-order valence-electron chi connectivity index (χ0n) is 19.6. The number of carbonyl (C=O) groups excluding carboxylic acids is 2. The van der Waals surface area contributed by atoms with Gasteiger partial charge in [0.15, 0.2) is 0 Å². The van der Waals surface area contributed by atoms with Crippen LogP contribution in [0.15, 0.2) is 48.5 Å². The third kappa shape index (κ3) is 7.11. The van der Waals surface area contributed by atoms with Crippen LogP contribution in [0.2, 0.25) is 0 Å². The molecule has 1 N–H and O–H groups in total. The van der Waals surface area contributed by atoms with Crippen LogP contribution < -0.4 is 19.1 Å². The van der Waals surface area contributed by atoms with Gasteiger partial charge in [0.1, 0.15) is 24.1 Å². The van der Waals surface area contributed by atoms with Crippen LogP contribution in [0.25, 0.3) is 0 Å². The number of hydrogen-bond acceptors (Lipinski definition) is 6. The molecule has 0 saturated heterocycles. The minimum Gasteiger partial charge on any atom is -0.497 e. The Balaban J connectivity index is 2.40. The molecule has 0 unspecified atom stereocenters. The average molecular weight is 478 g/mol. The molecule has 0 aromatic heterocycles. The fourth-order valence-corrected chi connectivity index (χ4v) is 4.09. The smallest absolute Gasteiger partial charge is 0.244 e. The van der Waals surface area contributed by atoms with Crippen LogP contribution in [-0.4, -0.2) is 64.7 Å². The molecule has 0 spiro atoms. The number of sulfonamides is 1. The normalized spacial score (nSPS) is 11.9. The topological polar surface area (TPSA) is 105 Å². The number of benzene rings is 2. The molecule has 2 aromatic carbocycles. The van der Waals surface area contributed by atoms with Crippen LogP contribution in [-0.2, 0) is 26.2 Å². The minimum atomic E-state index is -3.80. The number of anilines is 1. The van der Waals surface area contributed by atoms with Gasteiger partial charge in [-0.1, -0.05) is 18.2 Å². The second-order valence-corrected chi connectivity index (χ2v) is 9.32. The van der Waals surface area contributed by atoms with Crippen LogP contribution in [0.4, 0.5) is 5.69 Å². The molecule has 0 bridgehead atoms. The number of rotatable bonds is 11. The van der Waals surface area contributed by atoms with Gasteiger partial charge in [-0.25, -0.2) is 8.42 Å². The summed E-state index contributed by atoms with van der Waals surface area (Å²) < 4.78 is 36.5. The third-order valence-electron chi connectivity index (χ3n) is 5.03. The van der Waals surface area contributed by atoms with E-state index in [0.29, 0.717) is 18.0 Å². The Labute approximate surface area is 195 Å². The summed E-state index contributed by atoms with van der Waals surface area (Å²) in [5, 5.41) is 2.71. The van der Waals surface area contributed by atoms with E-state index in [-0.39, 0.29) is 18.1 Å². The van der Waals surface area contributed by atoms with E-state index in [2.05, 4.69) is 5.32 Å². The number of carbonyl (C=O) groups is 2. The number of methoxy groups -OCH3 is 2. The van der Waals surface area contributed by atoms with Gasteiger partial charge in [-0.15, -0.1) is 0 Å². The Morgan fingerprint density at radius 1 is 1.03 bits per heavy atom. The fraction of sp³-hybridized carbons (Fsp3) is 0.391. The number of amides is 2. The van der Waals surface area contributed by atoms with Crippen molar-refractivity contribution in [2.24, 2.45) is 0 Å². The fourth-order valence-electron chi connectivity index (χ4n) is 3.25. The number of ether oxygens (including phenoxy) is 2. The first-order valence-electron chi connectivity index (χ1n) is 10.4. The molecule has 0 aliphatic rings. The zero-order valence-corrected chi connectivity index (χ0v) is 20.4. The first kappa shape index (κ1) is 26.0. The van der Waals surface area contributed by atoms with Crippen molar-refractivity contribution in [2.45, 2.75) is 26.4 Å². The molecule has 9 nitrogen and oxygen atoms in total.